The third-order valence-corrected chi connectivity index (χ3v) is 8.57. The number of carbonyl (C=O) groups is 1. The molecule has 2 aliphatic heterocycles. The van der Waals surface area contributed by atoms with Gasteiger partial charge >= 0.3 is 0 Å². The van der Waals surface area contributed by atoms with Crippen LogP contribution in [0, 0.1) is 5.82 Å². The second kappa shape index (κ2) is 12.9. The number of piperazine rings is 1. The zero-order valence-electron chi connectivity index (χ0n) is 22.2. The SMILES string of the molecule is O=C(c1ccccc1N1CCC(NC(=S)Nc2ccc(F)cc2)CC1)N1CCN(C2CCCCCC2)CC1. The summed E-state index contributed by atoms with van der Waals surface area (Å²) in [7, 11) is 0. The van der Waals surface area contributed by atoms with E-state index in [9.17, 15) is 9.18 Å². The molecule has 38 heavy (non-hydrogen) atoms. The third kappa shape index (κ3) is 6.83. The Morgan fingerprint density at radius 3 is 2.16 bits per heavy atom. The molecule has 2 saturated heterocycles. The number of anilines is 2. The van der Waals surface area contributed by atoms with Crippen LogP contribution < -0.4 is 15.5 Å². The van der Waals surface area contributed by atoms with Crippen molar-refractivity contribution < 1.29 is 9.18 Å². The first-order chi connectivity index (χ1) is 18.6. The molecular weight excluding hydrogens is 497 g/mol. The van der Waals surface area contributed by atoms with Crippen molar-refractivity contribution in [2.45, 2.75) is 63.5 Å². The van der Waals surface area contributed by atoms with Gasteiger partial charge in [-0.15, -0.1) is 0 Å². The van der Waals surface area contributed by atoms with Crippen LogP contribution in [0.2, 0.25) is 0 Å². The smallest absolute Gasteiger partial charge is 0.256 e. The van der Waals surface area contributed by atoms with E-state index in [2.05, 4.69) is 31.4 Å². The first kappa shape index (κ1) is 26.9. The highest BCUT2D eigenvalue weighted by Gasteiger charge is 2.29. The van der Waals surface area contributed by atoms with Crippen LogP contribution in [0.15, 0.2) is 48.5 Å². The Morgan fingerprint density at radius 1 is 0.816 bits per heavy atom. The predicted molar refractivity (Wildman–Crippen MR) is 156 cm³/mol. The molecule has 1 aliphatic carbocycles. The molecule has 8 heteroatoms. The van der Waals surface area contributed by atoms with Gasteiger partial charge in [-0.25, -0.2) is 4.39 Å². The summed E-state index contributed by atoms with van der Waals surface area (Å²) in [6, 6.07) is 15.2. The third-order valence-electron chi connectivity index (χ3n) is 8.35. The van der Waals surface area contributed by atoms with E-state index in [0.29, 0.717) is 11.2 Å². The van der Waals surface area contributed by atoms with E-state index in [1.165, 1.54) is 50.7 Å². The van der Waals surface area contributed by atoms with Crippen LogP contribution in [0.4, 0.5) is 15.8 Å². The predicted octanol–water partition coefficient (Wildman–Crippen LogP) is 5.26. The molecule has 0 aromatic heterocycles. The molecule has 0 atom stereocenters. The number of rotatable bonds is 5. The zero-order chi connectivity index (χ0) is 26.3. The summed E-state index contributed by atoms with van der Waals surface area (Å²) in [6.07, 6.45) is 9.92. The fraction of sp³-hybridized carbons (Fsp3) is 0.533. The second-order valence-corrected chi connectivity index (χ2v) is 11.3. The quantitative estimate of drug-likeness (QED) is 0.401. The number of para-hydroxylation sites is 1. The maximum atomic E-state index is 13.6. The minimum atomic E-state index is -0.266. The number of nitrogens with one attached hydrogen (secondary N) is 2. The van der Waals surface area contributed by atoms with Crippen molar-refractivity contribution >= 4 is 34.6 Å². The highest BCUT2D eigenvalue weighted by Crippen LogP contribution is 2.27. The first-order valence-corrected chi connectivity index (χ1v) is 14.7. The second-order valence-electron chi connectivity index (χ2n) is 10.9. The molecule has 0 spiro atoms. The number of piperidine rings is 1. The first-order valence-electron chi connectivity index (χ1n) is 14.3. The minimum absolute atomic E-state index is 0.158. The number of benzene rings is 2. The Balaban J connectivity index is 1.13. The normalized spacial score (nSPS) is 20.1. The number of amides is 1. The zero-order valence-corrected chi connectivity index (χ0v) is 23.0. The van der Waals surface area contributed by atoms with E-state index in [1.54, 1.807) is 12.1 Å². The lowest BCUT2D eigenvalue weighted by Crippen LogP contribution is -2.52. The average Bonchev–Trinajstić information content (AvgIpc) is 3.24. The van der Waals surface area contributed by atoms with Crippen LogP contribution in [0.25, 0.3) is 0 Å². The van der Waals surface area contributed by atoms with Gasteiger partial charge in [-0.05, 0) is 74.3 Å². The maximum absolute atomic E-state index is 13.6. The van der Waals surface area contributed by atoms with Gasteiger partial charge in [0.25, 0.3) is 5.91 Å². The molecule has 6 nitrogen and oxygen atoms in total. The lowest BCUT2D eigenvalue weighted by atomic mass is 10.0. The average molecular weight is 538 g/mol. The van der Waals surface area contributed by atoms with Crippen molar-refractivity contribution in [1.29, 1.82) is 0 Å². The van der Waals surface area contributed by atoms with E-state index in [0.717, 1.165) is 69.0 Å². The molecular formula is C30H40FN5OS. The molecule has 2 heterocycles. The Hall–Kier alpha value is -2.71. The summed E-state index contributed by atoms with van der Waals surface area (Å²) in [4.78, 5) is 20.7. The van der Waals surface area contributed by atoms with Crippen LogP contribution in [0.5, 0.6) is 0 Å². The van der Waals surface area contributed by atoms with Crippen molar-refractivity contribution in [2.75, 3.05) is 49.5 Å². The van der Waals surface area contributed by atoms with Crippen molar-refractivity contribution in [3.05, 3.63) is 59.9 Å². The van der Waals surface area contributed by atoms with E-state index >= 15 is 0 Å². The summed E-state index contributed by atoms with van der Waals surface area (Å²) >= 11 is 5.47. The van der Waals surface area contributed by atoms with Gasteiger partial charge in [-0.1, -0.05) is 37.8 Å². The highest BCUT2D eigenvalue weighted by molar-refractivity contribution is 7.80. The largest absolute Gasteiger partial charge is 0.371 e. The van der Waals surface area contributed by atoms with Crippen LogP contribution >= 0.6 is 12.2 Å². The summed E-state index contributed by atoms with van der Waals surface area (Å²) in [6.45, 7) is 5.32. The number of hydrogen-bond donors (Lipinski definition) is 2. The number of halogens is 1. The summed E-state index contributed by atoms with van der Waals surface area (Å²) in [5.41, 5.74) is 2.62. The molecule has 2 N–H and O–H groups in total. The van der Waals surface area contributed by atoms with Crippen molar-refractivity contribution in [2.24, 2.45) is 0 Å². The topological polar surface area (TPSA) is 50.9 Å². The van der Waals surface area contributed by atoms with Crippen molar-refractivity contribution in [3.8, 4) is 0 Å². The van der Waals surface area contributed by atoms with Gasteiger partial charge in [0.2, 0.25) is 0 Å². The molecule has 3 aliphatic rings. The number of thiocarbonyl (C=S) groups is 1. The summed E-state index contributed by atoms with van der Waals surface area (Å²) < 4.78 is 13.1. The monoisotopic (exact) mass is 537 g/mol. The van der Waals surface area contributed by atoms with Crippen LogP contribution in [-0.4, -0.2) is 72.2 Å². The highest BCUT2D eigenvalue weighted by atomic mass is 32.1. The van der Waals surface area contributed by atoms with Crippen LogP contribution in [0.1, 0.15) is 61.7 Å². The standard InChI is InChI=1S/C30H40FN5OS/c31-23-11-13-24(14-12-23)32-30(38)33-25-15-17-35(18-16-25)28-10-6-5-9-27(28)29(37)36-21-19-34(20-22-36)26-7-3-1-2-4-8-26/h5-6,9-14,25-26H,1-4,7-8,15-22H2,(H2,32,33,38). The van der Waals surface area contributed by atoms with Gasteiger partial charge in [0, 0.05) is 62.7 Å². The molecule has 0 radical (unpaired) electrons. The van der Waals surface area contributed by atoms with E-state index in [1.807, 2.05) is 18.2 Å². The number of hydrogen-bond acceptors (Lipinski definition) is 4. The molecule has 2 aromatic carbocycles. The Bertz CT molecular complexity index is 1070. The lowest BCUT2D eigenvalue weighted by molar-refractivity contribution is 0.0552. The lowest BCUT2D eigenvalue weighted by Gasteiger charge is -2.40. The molecule has 0 bridgehead atoms. The number of nitrogens with zero attached hydrogens (tertiary/aromatic N) is 3. The molecule has 204 valence electrons. The van der Waals surface area contributed by atoms with Crippen molar-refractivity contribution in [1.82, 2.24) is 15.1 Å². The Labute approximate surface area is 231 Å². The van der Waals surface area contributed by atoms with Crippen LogP contribution in [0.3, 0.4) is 0 Å². The van der Waals surface area contributed by atoms with Crippen molar-refractivity contribution in [3.63, 3.8) is 0 Å². The van der Waals surface area contributed by atoms with Gasteiger partial charge in [0.15, 0.2) is 5.11 Å². The molecule has 3 fully saturated rings. The maximum Gasteiger partial charge on any atom is 0.256 e. The molecule has 5 rings (SSSR count). The Morgan fingerprint density at radius 2 is 1.47 bits per heavy atom. The van der Waals surface area contributed by atoms with Gasteiger partial charge < -0.3 is 20.4 Å². The van der Waals surface area contributed by atoms with E-state index < -0.39 is 0 Å². The minimum Gasteiger partial charge on any atom is -0.371 e. The van der Waals surface area contributed by atoms with Gasteiger partial charge in [0.1, 0.15) is 5.82 Å². The molecule has 0 unspecified atom stereocenters. The fourth-order valence-corrected chi connectivity index (χ4v) is 6.45. The van der Waals surface area contributed by atoms with Crippen LogP contribution in [-0.2, 0) is 0 Å². The van der Waals surface area contributed by atoms with E-state index in [-0.39, 0.29) is 17.8 Å². The summed E-state index contributed by atoms with van der Waals surface area (Å²) in [5, 5.41) is 7.08. The van der Waals surface area contributed by atoms with Gasteiger partial charge in [-0.2, -0.15) is 0 Å². The molecule has 2 aromatic rings. The van der Waals surface area contributed by atoms with E-state index in [4.69, 9.17) is 12.2 Å². The molecule has 1 saturated carbocycles. The van der Waals surface area contributed by atoms with Gasteiger partial charge in [0.05, 0.1) is 5.56 Å². The number of carbonyl (C=O) groups excluding carboxylic acids is 1. The summed E-state index contributed by atoms with van der Waals surface area (Å²) in [5.74, 6) is -0.108. The Kier molecular flexibility index (Phi) is 9.12. The molecule has 1 amide bonds. The fourth-order valence-electron chi connectivity index (χ4n) is 6.16. The van der Waals surface area contributed by atoms with Gasteiger partial charge in [-0.3, -0.25) is 9.69 Å².